The normalized spacial score (nSPS) is 19.0. The average Bonchev–Trinajstić information content (AvgIpc) is 1.79. The second-order valence-corrected chi connectivity index (χ2v) is 32.1. The van der Waals surface area contributed by atoms with Gasteiger partial charge in [0.25, 0.3) is 59.1 Å². The highest BCUT2D eigenvalue weighted by atomic mass is 19.4. The summed E-state index contributed by atoms with van der Waals surface area (Å²) in [6.07, 6.45) is -3.62. The van der Waals surface area contributed by atoms with Gasteiger partial charge in [0.2, 0.25) is 28.0 Å². The number of benzene rings is 5. The molecule has 10 aromatic rings. The molecule has 136 heavy (non-hydrogen) atoms. The second kappa shape index (κ2) is 41.4. The highest BCUT2D eigenvalue weighted by Crippen LogP contribution is 2.34. The lowest BCUT2D eigenvalue weighted by molar-refractivity contribution is -0.141. The van der Waals surface area contributed by atoms with Crippen molar-refractivity contribution >= 4 is 64.9 Å². The maximum atomic E-state index is 14.1. The number of anilines is 1. The zero-order chi connectivity index (χ0) is 99.3. The minimum absolute atomic E-state index is 0.0119. The Morgan fingerprint density at radius 2 is 0.662 bits per heavy atom. The molecule has 696 valence electrons. The number of likely N-dealkylation sites (tertiary alicyclic amines) is 5. The molecule has 15 rings (SSSR count). The van der Waals surface area contributed by atoms with Crippen LogP contribution in [0.3, 0.4) is 0 Å². The van der Waals surface area contributed by atoms with Crippen LogP contribution >= 0.6 is 0 Å². The van der Waals surface area contributed by atoms with Crippen molar-refractivity contribution in [3.63, 3.8) is 0 Å². The number of likely N-dealkylation sites (N-methyl/N-ethyl adjacent to an activating group) is 5. The third kappa shape index (κ3) is 23.9. The summed E-state index contributed by atoms with van der Waals surface area (Å²) >= 11 is 0. The Morgan fingerprint density at radius 3 is 0.971 bits per heavy atom. The molecule has 5 atom stereocenters. The van der Waals surface area contributed by atoms with Crippen molar-refractivity contribution in [3.05, 3.63) is 237 Å². The minimum atomic E-state index is -4.79. The van der Waals surface area contributed by atoms with Crippen LogP contribution in [0.5, 0.6) is 5.75 Å². The number of rotatable bonds is 12. The maximum absolute atomic E-state index is 14.1. The number of pyridine rings is 2. The molecule has 5 aromatic carbocycles. The first kappa shape index (κ1) is 99.8. The molecule has 5 aromatic heterocycles. The predicted molar refractivity (Wildman–Crippen MR) is 485 cm³/mol. The molecule has 35 nitrogen and oxygen atoms in total. The van der Waals surface area contributed by atoms with Gasteiger partial charge < -0.3 is 89.2 Å². The Kier molecular flexibility index (Phi) is 30.4. The fourth-order valence-electron chi connectivity index (χ4n) is 13.7. The van der Waals surface area contributed by atoms with Crippen molar-refractivity contribution in [2.45, 2.75) is 86.1 Å². The van der Waals surface area contributed by atoms with Crippen LogP contribution in [-0.4, -0.2) is 252 Å². The number of primary amides is 5. The number of nitrogens with two attached hydrogens (primary N) is 6. The van der Waals surface area contributed by atoms with Crippen molar-refractivity contribution in [1.82, 2.24) is 64.4 Å². The molecule has 17 N–H and O–H groups in total. The van der Waals surface area contributed by atoms with Crippen LogP contribution < -0.4 is 39.1 Å². The number of aromatic nitrogens is 8. The summed E-state index contributed by atoms with van der Waals surface area (Å²) in [6.45, 7) is 6.11. The quantitative estimate of drug-likeness (QED) is 0.0608. The molecule has 0 aliphatic carbocycles. The third-order valence-electron chi connectivity index (χ3n) is 21.5. The van der Waals surface area contributed by atoms with Gasteiger partial charge >= 0.3 is 6.18 Å². The Balaban J connectivity index is 0.000000163. The maximum Gasteiger partial charge on any atom is 0.433 e. The standard InChI is InChI=1S/C21H22N4O3.C20H19N3O4.C19H15F3N4O3.C19H16FN3O3.C18H17N5O3/c1-13(2)16-12-17(18(22)26)24-19(23-16)15-6-4-5-14(11-15)7-8-21(28)9-10-25(3)20(21)27;1-23-11-10-20(26,19(23)25)9-8-13-4-3-5-14(12-13)17-16(27-2)7-6-15(22-17)18(21)24;1-26-8-7-18(29,17(26)28)6-5-11-3-2-4-12(9-11)16-24-13(15(23)27)10-14(25-16)19(20,21)22;1-23-10-9-19(26,18(23)25)8-7-12-3-2-4-13(11-12)16-14(20)5-6-15(22-16)17(21)24;1-23-8-7-18(26,17(23)25)6-5-11-3-2-4-12(9-11)16-21-13(15(20)24)10-14(19)22-16/h4-6,11-13,28H,9-10H2,1-3H3,(H2,22,26);3-7,12,26H,10-11H2,1-2H3,(H2,21,24);2-4,9-10,29H,7-8H2,1H3,(H2,23,27);2-6,11,26H,9-10H2,1H3,(H2,21,24);2-4,9-10,26H,7-8H2,1H3,(H2,20,24)(H2,19,21,22)/t21-;20-;18-;19-;18-/m00000/s1. The summed E-state index contributed by atoms with van der Waals surface area (Å²) in [5.41, 5.74) is 27.9. The number of carbonyl (C=O) groups is 10. The molecule has 0 bridgehead atoms. The average molecular weight is 1850 g/mol. The fourth-order valence-corrected chi connectivity index (χ4v) is 13.7. The zero-order valence-corrected chi connectivity index (χ0v) is 74.3. The van der Waals surface area contributed by atoms with Gasteiger partial charge in [-0.05, 0) is 96.9 Å². The Bertz CT molecular complexity index is 6840. The fraction of sp³-hybridized carbons (Fsp3) is 0.258. The van der Waals surface area contributed by atoms with Gasteiger partial charge in [-0.1, -0.05) is 134 Å². The lowest BCUT2D eigenvalue weighted by atomic mass is 10.0. The van der Waals surface area contributed by atoms with E-state index >= 15 is 0 Å². The van der Waals surface area contributed by atoms with E-state index in [1.165, 1.54) is 68.0 Å². The highest BCUT2D eigenvalue weighted by molar-refractivity contribution is 5.97. The number of methoxy groups -OCH3 is 1. The molecular weight excluding hydrogens is 1760 g/mol. The van der Waals surface area contributed by atoms with Gasteiger partial charge in [-0.15, -0.1) is 0 Å². The number of carbonyl (C=O) groups excluding carboxylic acids is 10. The van der Waals surface area contributed by atoms with Crippen molar-refractivity contribution in [2.75, 3.05) is 80.8 Å². The van der Waals surface area contributed by atoms with Gasteiger partial charge in [0, 0.05) is 174 Å². The summed E-state index contributed by atoms with van der Waals surface area (Å²) in [5, 5.41) is 51.9. The first-order valence-electron chi connectivity index (χ1n) is 41.4. The first-order valence-corrected chi connectivity index (χ1v) is 41.4. The third-order valence-corrected chi connectivity index (χ3v) is 21.5. The van der Waals surface area contributed by atoms with Crippen molar-refractivity contribution in [3.8, 4) is 122 Å². The molecule has 5 aliphatic rings. The summed E-state index contributed by atoms with van der Waals surface area (Å²) in [5.74, 6) is 21.4. The van der Waals surface area contributed by atoms with E-state index in [9.17, 15) is 91.0 Å². The summed E-state index contributed by atoms with van der Waals surface area (Å²) in [4.78, 5) is 157. The number of alkyl halides is 3. The molecule has 0 saturated carbocycles. The molecule has 0 spiro atoms. The van der Waals surface area contributed by atoms with E-state index in [0.717, 1.165) is 6.07 Å². The number of hydrogen-bond acceptors (Lipinski definition) is 25. The highest BCUT2D eigenvalue weighted by Gasteiger charge is 2.47. The monoisotopic (exact) mass is 1850 g/mol. The molecule has 5 saturated heterocycles. The number of aliphatic hydroxyl groups is 5. The van der Waals surface area contributed by atoms with E-state index in [4.69, 9.17) is 39.1 Å². The Hall–Kier alpha value is -16.7. The van der Waals surface area contributed by atoms with Gasteiger partial charge in [-0.3, -0.25) is 47.9 Å². The Morgan fingerprint density at radius 1 is 0.375 bits per heavy atom. The van der Waals surface area contributed by atoms with Crippen LogP contribution in [0.15, 0.2) is 164 Å². The number of ether oxygens (including phenoxy) is 1. The SMILES string of the molecule is CC(C)c1cc(C(N)=O)nc(-c2cccc(C#C[C@]3(O)CCN(C)C3=O)c2)n1.CN1CC[C@@](O)(C#Cc2cccc(-c3nc(C(N)=O)cc(C(F)(F)F)n3)c2)C1=O.CN1CC[C@@](O)(C#Cc2cccc(-c3nc(C(N)=O)ccc3F)c2)C1=O.CN1CC[C@@](O)(C#Cc2cccc(-c3nc(N)cc(C(N)=O)n3)c2)C1=O.COc1ccc(C(N)=O)nc1-c1cccc(C#C[C@]2(O)CCN(C)C2=O)c1. The number of nitrogens with zero attached hydrogens (tertiary/aromatic N) is 13. The van der Waals surface area contributed by atoms with Crippen LogP contribution in [0.4, 0.5) is 23.4 Å². The molecule has 10 amide bonds. The van der Waals surface area contributed by atoms with E-state index in [2.05, 4.69) is 99.1 Å². The molecule has 5 aliphatic heterocycles. The van der Waals surface area contributed by atoms with Crippen molar-refractivity contribution in [1.29, 1.82) is 0 Å². The molecule has 0 radical (unpaired) electrons. The van der Waals surface area contributed by atoms with E-state index < -0.39 is 110 Å². The van der Waals surface area contributed by atoms with E-state index in [1.807, 2.05) is 13.8 Å². The van der Waals surface area contributed by atoms with Gasteiger partial charge in [0.1, 0.15) is 62.9 Å². The first-order chi connectivity index (χ1) is 64.1. The zero-order valence-electron chi connectivity index (χ0n) is 74.3. The smallest absolute Gasteiger partial charge is 0.433 e. The van der Waals surface area contributed by atoms with Gasteiger partial charge in [0.05, 0.1) is 7.11 Å². The van der Waals surface area contributed by atoms with Gasteiger partial charge in [-0.2, -0.15) is 13.2 Å². The number of hydrogen-bond donors (Lipinski definition) is 11. The summed E-state index contributed by atoms with van der Waals surface area (Å²) < 4.78 is 58.7. The lowest BCUT2D eigenvalue weighted by Crippen LogP contribution is -2.37. The van der Waals surface area contributed by atoms with E-state index in [-0.39, 0.29) is 89.5 Å². The van der Waals surface area contributed by atoms with Crippen LogP contribution in [0.2, 0.25) is 0 Å². The second-order valence-electron chi connectivity index (χ2n) is 32.1. The summed E-state index contributed by atoms with van der Waals surface area (Å²) in [7, 11) is 9.54. The predicted octanol–water partition coefficient (Wildman–Crippen LogP) is 4.02. The van der Waals surface area contributed by atoms with Crippen LogP contribution in [0, 0.1) is 65.0 Å². The Labute approximate surface area is 775 Å². The van der Waals surface area contributed by atoms with E-state index in [1.54, 1.807) is 150 Å². The molecular formula is C97H89F4N19O16. The molecule has 10 heterocycles. The van der Waals surface area contributed by atoms with Crippen molar-refractivity contribution < 1.29 is 95.8 Å². The van der Waals surface area contributed by atoms with Crippen molar-refractivity contribution in [2.24, 2.45) is 28.7 Å². The van der Waals surface area contributed by atoms with Gasteiger partial charge in [0.15, 0.2) is 17.5 Å². The topological polar surface area (TPSA) is 557 Å². The molecule has 0 unspecified atom stereocenters. The number of amides is 10. The van der Waals surface area contributed by atoms with E-state index in [0.29, 0.717) is 112 Å². The summed E-state index contributed by atoms with van der Waals surface area (Å²) in [6, 6.07) is 42.2. The number of nitrogen functional groups attached to an aromatic ring is 1. The number of halogens is 4. The van der Waals surface area contributed by atoms with Gasteiger partial charge in [-0.25, -0.2) is 44.3 Å². The van der Waals surface area contributed by atoms with Crippen LogP contribution in [0.1, 0.15) is 144 Å². The largest absolute Gasteiger partial charge is 0.494 e. The molecule has 5 fully saturated rings. The molecule has 39 heteroatoms. The minimum Gasteiger partial charge on any atom is -0.494 e. The lowest BCUT2D eigenvalue weighted by Gasteiger charge is -2.13. The van der Waals surface area contributed by atoms with Crippen LogP contribution in [-0.2, 0) is 30.1 Å². The van der Waals surface area contributed by atoms with Crippen LogP contribution in [0.25, 0.3) is 56.7 Å².